The highest BCUT2D eigenvalue weighted by Crippen LogP contribution is 2.16. The van der Waals surface area contributed by atoms with Crippen molar-refractivity contribution in [2.45, 2.75) is 13.5 Å². The van der Waals surface area contributed by atoms with Crippen LogP contribution < -0.4 is 0 Å². The standard InChI is InChI=1S/C18H18N2O/c1-13-7-9-14(10-8-13)12-20(2)18(21)17-11-15-5-3-4-6-16(15)19-17/h3-11,19H,12H2,1-2H3. The lowest BCUT2D eigenvalue weighted by atomic mass is 10.1. The molecule has 0 aliphatic rings. The van der Waals surface area contributed by atoms with Crippen molar-refractivity contribution < 1.29 is 4.79 Å². The number of carbonyl (C=O) groups is 1. The van der Waals surface area contributed by atoms with Crippen LogP contribution in [0.3, 0.4) is 0 Å². The van der Waals surface area contributed by atoms with Crippen LogP contribution in [-0.2, 0) is 6.54 Å². The minimum atomic E-state index is 0.00627. The number of carbonyl (C=O) groups excluding carboxylic acids is 1. The van der Waals surface area contributed by atoms with Crippen molar-refractivity contribution in [2.24, 2.45) is 0 Å². The molecule has 0 saturated carbocycles. The number of hydrogen-bond acceptors (Lipinski definition) is 1. The molecule has 2 aromatic carbocycles. The number of amides is 1. The number of aromatic amines is 1. The third-order valence-electron chi connectivity index (χ3n) is 3.65. The van der Waals surface area contributed by atoms with Crippen LogP contribution in [0.25, 0.3) is 10.9 Å². The topological polar surface area (TPSA) is 36.1 Å². The van der Waals surface area contributed by atoms with Gasteiger partial charge in [-0.25, -0.2) is 0 Å². The molecular formula is C18H18N2O. The number of nitrogens with one attached hydrogen (secondary N) is 1. The van der Waals surface area contributed by atoms with Gasteiger partial charge in [-0.1, -0.05) is 48.0 Å². The monoisotopic (exact) mass is 278 g/mol. The fraction of sp³-hybridized carbons (Fsp3) is 0.167. The van der Waals surface area contributed by atoms with Crippen LogP contribution in [0, 0.1) is 6.92 Å². The van der Waals surface area contributed by atoms with E-state index in [1.807, 2.05) is 37.4 Å². The average Bonchev–Trinajstić information content (AvgIpc) is 2.92. The van der Waals surface area contributed by atoms with Gasteiger partial charge in [-0.05, 0) is 24.6 Å². The molecular weight excluding hydrogens is 260 g/mol. The van der Waals surface area contributed by atoms with Crippen molar-refractivity contribution in [3.8, 4) is 0 Å². The van der Waals surface area contributed by atoms with Gasteiger partial charge >= 0.3 is 0 Å². The molecule has 3 nitrogen and oxygen atoms in total. The Morgan fingerprint density at radius 2 is 1.81 bits per heavy atom. The maximum Gasteiger partial charge on any atom is 0.270 e. The Labute approximate surface area is 124 Å². The predicted octanol–water partition coefficient (Wildman–Crippen LogP) is 3.75. The van der Waals surface area contributed by atoms with Crippen molar-refractivity contribution in [1.29, 1.82) is 0 Å². The van der Waals surface area contributed by atoms with Crippen LogP contribution in [0.4, 0.5) is 0 Å². The minimum Gasteiger partial charge on any atom is -0.351 e. The van der Waals surface area contributed by atoms with Crippen molar-refractivity contribution in [2.75, 3.05) is 7.05 Å². The first-order valence-electron chi connectivity index (χ1n) is 7.02. The molecule has 3 rings (SSSR count). The first-order chi connectivity index (χ1) is 10.1. The highest BCUT2D eigenvalue weighted by Gasteiger charge is 2.14. The first kappa shape index (κ1) is 13.4. The van der Waals surface area contributed by atoms with Crippen molar-refractivity contribution >= 4 is 16.8 Å². The molecule has 21 heavy (non-hydrogen) atoms. The van der Waals surface area contributed by atoms with E-state index < -0.39 is 0 Å². The number of aryl methyl sites for hydroxylation is 1. The van der Waals surface area contributed by atoms with E-state index in [9.17, 15) is 4.79 Å². The number of rotatable bonds is 3. The number of fused-ring (bicyclic) bond motifs is 1. The molecule has 3 heteroatoms. The Bertz CT molecular complexity index is 738. The van der Waals surface area contributed by atoms with Gasteiger partial charge in [0.2, 0.25) is 0 Å². The van der Waals surface area contributed by atoms with Gasteiger partial charge in [0, 0.05) is 24.5 Å². The lowest BCUT2D eigenvalue weighted by molar-refractivity contribution is 0.0780. The fourth-order valence-electron chi connectivity index (χ4n) is 2.43. The van der Waals surface area contributed by atoms with Gasteiger partial charge in [0.05, 0.1) is 0 Å². The second kappa shape index (κ2) is 5.44. The predicted molar refractivity (Wildman–Crippen MR) is 85.3 cm³/mol. The summed E-state index contributed by atoms with van der Waals surface area (Å²) in [5.74, 6) is 0.00627. The highest BCUT2D eigenvalue weighted by atomic mass is 16.2. The summed E-state index contributed by atoms with van der Waals surface area (Å²) < 4.78 is 0. The van der Waals surface area contributed by atoms with Gasteiger partial charge in [-0.2, -0.15) is 0 Å². The zero-order valence-electron chi connectivity index (χ0n) is 12.3. The summed E-state index contributed by atoms with van der Waals surface area (Å²) in [5.41, 5.74) is 3.98. The average molecular weight is 278 g/mol. The number of benzene rings is 2. The Balaban J connectivity index is 1.78. The maximum absolute atomic E-state index is 12.5. The Hall–Kier alpha value is -2.55. The SMILES string of the molecule is Cc1ccc(CN(C)C(=O)c2cc3ccccc3[nH]2)cc1. The normalized spacial score (nSPS) is 10.8. The molecule has 0 radical (unpaired) electrons. The lowest BCUT2D eigenvalue weighted by Gasteiger charge is -2.16. The van der Waals surface area contributed by atoms with Crippen LogP contribution in [0.15, 0.2) is 54.6 Å². The van der Waals surface area contributed by atoms with E-state index in [0.29, 0.717) is 12.2 Å². The van der Waals surface area contributed by atoms with Gasteiger partial charge in [-0.3, -0.25) is 4.79 Å². The molecule has 0 aliphatic heterocycles. The summed E-state index contributed by atoms with van der Waals surface area (Å²) in [5, 5.41) is 1.06. The van der Waals surface area contributed by atoms with E-state index in [1.54, 1.807) is 4.90 Å². The van der Waals surface area contributed by atoms with E-state index >= 15 is 0 Å². The first-order valence-corrected chi connectivity index (χ1v) is 7.02. The summed E-state index contributed by atoms with van der Waals surface area (Å²) in [6, 6.07) is 18.1. The van der Waals surface area contributed by atoms with E-state index in [-0.39, 0.29) is 5.91 Å². The van der Waals surface area contributed by atoms with Crippen LogP contribution in [0.1, 0.15) is 21.6 Å². The Morgan fingerprint density at radius 3 is 2.52 bits per heavy atom. The Morgan fingerprint density at radius 1 is 1.10 bits per heavy atom. The number of nitrogens with zero attached hydrogens (tertiary/aromatic N) is 1. The van der Waals surface area contributed by atoms with E-state index in [2.05, 4.69) is 36.2 Å². The quantitative estimate of drug-likeness (QED) is 0.778. The van der Waals surface area contributed by atoms with E-state index in [1.165, 1.54) is 5.56 Å². The molecule has 3 aromatic rings. The van der Waals surface area contributed by atoms with E-state index in [0.717, 1.165) is 16.5 Å². The summed E-state index contributed by atoms with van der Waals surface area (Å²) in [6.45, 7) is 2.66. The number of aromatic nitrogens is 1. The molecule has 0 atom stereocenters. The van der Waals surface area contributed by atoms with Gasteiger partial charge in [0.25, 0.3) is 5.91 Å². The minimum absolute atomic E-state index is 0.00627. The van der Waals surface area contributed by atoms with Crippen molar-refractivity contribution in [1.82, 2.24) is 9.88 Å². The molecule has 0 spiro atoms. The molecule has 1 N–H and O–H groups in total. The van der Waals surface area contributed by atoms with Gasteiger partial charge in [0.15, 0.2) is 0 Å². The zero-order chi connectivity index (χ0) is 14.8. The molecule has 1 aromatic heterocycles. The second-order valence-corrected chi connectivity index (χ2v) is 5.42. The third-order valence-corrected chi connectivity index (χ3v) is 3.65. The fourth-order valence-corrected chi connectivity index (χ4v) is 2.43. The summed E-state index contributed by atoms with van der Waals surface area (Å²) in [7, 11) is 1.83. The molecule has 106 valence electrons. The highest BCUT2D eigenvalue weighted by molar-refractivity contribution is 5.97. The second-order valence-electron chi connectivity index (χ2n) is 5.42. The van der Waals surface area contributed by atoms with Crippen LogP contribution in [0.5, 0.6) is 0 Å². The van der Waals surface area contributed by atoms with Crippen molar-refractivity contribution in [3.63, 3.8) is 0 Å². The van der Waals surface area contributed by atoms with Crippen LogP contribution >= 0.6 is 0 Å². The zero-order valence-corrected chi connectivity index (χ0v) is 12.3. The summed E-state index contributed by atoms with van der Waals surface area (Å²) in [6.07, 6.45) is 0. The smallest absolute Gasteiger partial charge is 0.270 e. The molecule has 0 bridgehead atoms. The Kier molecular flexibility index (Phi) is 3.48. The summed E-state index contributed by atoms with van der Waals surface area (Å²) >= 11 is 0. The number of H-pyrrole nitrogens is 1. The van der Waals surface area contributed by atoms with Gasteiger partial charge in [0.1, 0.15) is 5.69 Å². The van der Waals surface area contributed by atoms with Crippen LogP contribution in [-0.4, -0.2) is 22.8 Å². The van der Waals surface area contributed by atoms with Gasteiger partial charge < -0.3 is 9.88 Å². The third kappa shape index (κ3) is 2.82. The molecule has 1 amide bonds. The van der Waals surface area contributed by atoms with Gasteiger partial charge in [-0.15, -0.1) is 0 Å². The van der Waals surface area contributed by atoms with E-state index in [4.69, 9.17) is 0 Å². The number of hydrogen-bond donors (Lipinski definition) is 1. The lowest BCUT2D eigenvalue weighted by Crippen LogP contribution is -2.26. The number of para-hydroxylation sites is 1. The molecule has 1 heterocycles. The largest absolute Gasteiger partial charge is 0.351 e. The molecule has 0 unspecified atom stereocenters. The molecule has 0 saturated heterocycles. The van der Waals surface area contributed by atoms with Crippen molar-refractivity contribution in [3.05, 3.63) is 71.4 Å². The molecule has 0 fully saturated rings. The maximum atomic E-state index is 12.5. The van der Waals surface area contributed by atoms with Crippen LogP contribution in [0.2, 0.25) is 0 Å². The summed E-state index contributed by atoms with van der Waals surface area (Å²) in [4.78, 5) is 17.4. The molecule has 0 aliphatic carbocycles.